The minimum atomic E-state index is -0.305. The Morgan fingerprint density at radius 1 is 1.12 bits per heavy atom. The van der Waals surface area contributed by atoms with Gasteiger partial charge in [-0.05, 0) is 18.2 Å². The molecule has 1 amide bonds. The molecule has 0 unspecified atom stereocenters. The van der Waals surface area contributed by atoms with Crippen LogP contribution in [-0.4, -0.2) is 10.9 Å². The number of thiophene rings is 1. The van der Waals surface area contributed by atoms with E-state index in [2.05, 4.69) is 10.3 Å². The van der Waals surface area contributed by atoms with Gasteiger partial charge in [0.15, 0.2) is 0 Å². The molecule has 0 spiro atoms. The molecule has 2 aromatic heterocycles. The van der Waals surface area contributed by atoms with Gasteiger partial charge in [0.2, 0.25) is 0 Å². The number of aromatic nitrogens is 1. The Bertz CT molecular complexity index is 1040. The van der Waals surface area contributed by atoms with E-state index in [1.165, 1.54) is 28.7 Å². The SMILES string of the molecule is O=C(NCc1nc(-c2ccccc2)cs1)c1cc2c(F)cccc2s1. The first-order chi connectivity index (χ1) is 12.2. The largest absolute Gasteiger partial charge is 0.345 e. The normalized spacial score (nSPS) is 10.9. The first-order valence-electron chi connectivity index (χ1n) is 7.67. The number of halogens is 1. The minimum Gasteiger partial charge on any atom is -0.345 e. The average molecular weight is 368 g/mol. The van der Waals surface area contributed by atoms with Gasteiger partial charge >= 0.3 is 0 Å². The zero-order chi connectivity index (χ0) is 17.2. The second-order valence-electron chi connectivity index (χ2n) is 5.44. The van der Waals surface area contributed by atoms with E-state index < -0.39 is 0 Å². The van der Waals surface area contributed by atoms with Gasteiger partial charge in [-0.1, -0.05) is 36.4 Å². The fraction of sp³-hybridized carbons (Fsp3) is 0.0526. The molecule has 0 bridgehead atoms. The third-order valence-electron chi connectivity index (χ3n) is 3.75. The average Bonchev–Trinajstić information content (AvgIpc) is 3.28. The number of rotatable bonds is 4. The van der Waals surface area contributed by atoms with Crippen molar-refractivity contribution in [2.45, 2.75) is 6.54 Å². The van der Waals surface area contributed by atoms with Crippen LogP contribution in [0.4, 0.5) is 4.39 Å². The zero-order valence-electron chi connectivity index (χ0n) is 13.0. The van der Waals surface area contributed by atoms with Crippen LogP contribution in [0, 0.1) is 5.82 Å². The number of benzene rings is 2. The van der Waals surface area contributed by atoms with Gasteiger partial charge in [0, 0.05) is 21.0 Å². The van der Waals surface area contributed by atoms with Crippen LogP contribution in [-0.2, 0) is 6.54 Å². The van der Waals surface area contributed by atoms with Crippen molar-refractivity contribution in [2.75, 3.05) is 0 Å². The van der Waals surface area contributed by atoms with Crippen LogP contribution < -0.4 is 5.32 Å². The van der Waals surface area contributed by atoms with Crippen molar-refractivity contribution in [3.8, 4) is 11.3 Å². The number of hydrogen-bond donors (Lipinski definition) is 1. The van der Waals surface area contributed by atoms with E-state index in [0.29, 0.717) is 16.8 Å². The fourth-order valence-corrected chi connectivity index (χ4v) is 4.25. The molecule has 0 radical (unpaired) electrons. The van der Waals surface area contributed by atoms with Crippen molar-refractivity contribution in [3.63, 3.8) is 0 Å². The summed E-state index contributed by atoms with van der Waals surface area (Å²) in [6.07, 6.45) is 0. The van der Waals surface area contributed by atoms with Crippen molar-refractivity contribution in [2.24, 2.45) is 0 Å². The van der Waals surface area contributed by atoms with Crippen LogP contribution in [0.2, 0.25) is 0 Å². The molecule has 4 aromatic rings. The number of thiazole rings is 1. The highest BCUT2D eigenvalue weighted by Gasteiger charge is 2.13. The Kier molecular flexibility index (Phi) is 4.29. The van der Waals surface area contributed by atoms with E-state index in [1.54, 1.807) is 12.1 Å². The van der Waals surface area contributed by atoms with Crippen LogP contribution in [0.5, 0.6) is 0 Å². The predicted octanol–water partition coefficient (Wildman–Crippen LogP) is 5.09. The van der Waals surface area contributed by atoms with E-state index in [-0.39, 0.29) is 11.7 Å². The third-order valence-corrected chi connectivity index (χ3v) is 5.70. The van der Waals surface area contributed by atoms with Gasteiger partial charge in [0.05, 0.1) is 17.1 Å². The highest BCUT2D eigenvalue weighted by atomic mass is 32.1. The Hall–Kier alpha value is -2.57. The number of nitrogens with one attached hydrogen (secondary N) is 1. The number of amides is 1. The standard InChI is InChI=1S/C19H13FN2OS2/c20-14-7-4-8-16-13(14)9-17(25-16)19(23)21-10-18-22-15(11-24-18)12-5-2-1-3-6-12/h1-9,11H,10H2,(H,21,23). The summed E-state index contributed by atoms with van der Waals surface area (Å²) in [6, 6.07) is 16.4. The van der Waals surface area contributed by atoms with E-state index in [1.807, 2.05) is 41.8 Å². The molecule has 0 aliphatic carbocycles. The molecule has 1 N–H and O–H groups in total. The van der Waals surface area contributed by atoms with Gasteiger partial charge in [0.25, 0.3) is 5.91 Å². The van der Waals surface area contributed by atoms with Crippen molar-refractivity contribution in [1.29, 1.82) is 0 Å². The lowest BCUT2D eigenvalue weighted by molar-refractivity contribution is 0.0955. The van der Waals surface area contributed by atoms with Gasteiger partial charge in [-0.15, -0.1) is 22.7 Å². The first kappa shape index (κ1) is 15.9. The van der Waals surface area contributed by atoms with Crippen molar-refractivity contribution < 1.29 is 9.18 Å². The van der Waals surface area contributed by atoms with Gasteiger partial charge in [-0.3, -0.25) is 4.79 Å². The second-order valence-corrected chi connectivity index (χ2v) is 7.46. The van der Waals surface area contributed by atoms with E-state index >= 15 is 0 Å². The number of fused-ring (bicyclic) bond motifs is 1. The first-order valence-corrected chi connectivity index (χ1v) is 9.36. The molecule has 0 fully saturated rings. The quantitative estimate of drug-likeness (QED) is 0.545. The summed E-state index contributed by atoms with van der Waals surface area (Å²) in [5, 5.41) is 6.15. The van der Waals surface area contributed by atoms with Crippen molar-refractivity contribution in [1.82, 2.24) is 10.3 Å². The molecule has 2 aromatic carbocycles. The number of hydrogen-bond acceptors (Lipinski definition) is 4. The van der Waals surface area contributed by atoms with Crippen LogP contribution in [0.1, 0.15) is 14.7 Å². The Morgan fingerprint density at radius 3 is 2.76 bits per heavy atom. The lowest BCUT2D eigenvalue weighted by Gasteiger charge is -2.00. The smallest absolute Gasteiger partial charge is 0.261 e. The Labute approximate surface area is 151 Å². The maximum atomic E-state index is 13.7. The zero-order valence-corrected chi connectivity index (χ0v) is 14.7. The van der Waals surface area contributed by atoms with Crippen molar-refractivity contribution in [3.05, 3.63) is 75.7 Å². The summed E-state index contributed by atoms with van der Waals surface area (Å²) < 4.78 is 14.5. The van der Waals surface area contributed by atoms with Crippen molar-refractivity contribution >= 4 is 38.7 Å². The van der Waals surface area contributed by atoms with Crippen LogP contribution >= 0.6 is 22.7 Å². The highest BCUT2D eigenvalue weighted by molar-refractivity contribution is 7.20. The lowest BCUT2D eigenvalue weighted by atomic mass is 10.2. The summed E-state index contributed by atoms with van der Waals surface area (Å²) in [5.74, 6) is -0.516. The predicted molar refractivity (Wildman–Crippen MR) is 101 cm³/mol. The van der Waals surface area contributed by atoms with E-state index in [0.717, 1.165) is 21.0 Å². The lowest BCUT2D eigenvalue weighted by Crippen LogP contribution is -2.21. The summed E-state index contributed by atoms with van der Waals surface area (Å²) in [4.78, 5) is 17.4. The third kappa shape index (κ3) is 3.31. The molecule has 6 heteroatoms. The molecule has 0 saturated heterocycles. The summed E-state index contributed by atoms with van der Waals surface area (Å²) in [7, 11) is 0. The van der Waals surface area contributed by atoms with Crippen LogP contribution in [0.15, 0.2) is 60.0 Å². The molecule has 0 atom stereocenters. The molecular weight excluding hydrogens is 355 g/mol. The molecule has 0 saturated carbocycles. The van der Waals surface area contributed by atoms with Crippen LogP contribution in [0.3, 0.4) is 0 Å². The number of carbonyl (C=O) groups excluding carboxylic acids is 1. The summed E-state index contributed by atoms with van der Waals surface area (Å²) >= 11 is 2.79. The number of carbonyl (C=O) groups is 1. The fourth-order valence-electron chi connectivity index (χ4n) is 2.51. The topological polar surface area (TPSA) is 42.0 Å². The highest BCUT2D eigenvalue weighted by Crippen LogP contribution is 2.27. The molecule has 124 valence electrons. The summed E-state index contributed by atoms with van der Waals surface area (Å²) in [5.41, 5.74) is 1.95. The molecule has 0 aliphatic rings. The van der Waals surface area contributed by atoms with E-state index in [9.17, 15) is 9.18 Å². The summed E-state index contributed by atoms with van der Waals surface area (Å²) in [6.45, 7) is 0.354. The Balaban J connectivity index is 1.46. The van der Waals surface area contributed by atoms with Gasteiger partial charge in [0.1, 0.15) is 10.8 Å². The molecule has 4 rings (SSSR count). The molecule has 25 heavy (non-hydrogen) atoms. The van der Waals surface area contributed by atoms with Gasteiger partial charge in [-0.25, -0.2) is 9.37 Å². The monoisotopic (exact) mass is 368 g/mol. The maximum absolute atomic E-state index is 13.7. The van der Waals surface area contributed by atoms with Gasteiger partial charge < -0.3 is 5.32 Å². The number of nitrogens with zero attached hydrogens (tertiary/aromatic N) is 1. The van der Waals surface area contributed by atoms with Gasteiger partial charge in [-0.2, -0.15) is 0 Å². The molecule has 3 nitrogen and oxygen atoms in total. The maximum Gasteiger partial charge on any atom is 0.261 e. The van der Waals surface area contributed by atoms with E-state index in [4.69, 9.17) is 0 Å². The van der Waals surface area contributed by atoms with Crippen LogP contribution in [0.25, 0.3) is 21.3 Å². The minimum absolute atomic E-state index is 0.211. The molecule has 2 heterocycles. The second kappa shape index (κ2) is 6.74. The molecule has 0 aliphatic heterocycles. The molecular formula is C19H13FN2OS2. The Morgan fingerprint density at radius 2 is 1.96 bits per heavy atom.